The standard InChI is InChI=1S/C15H22N2O3/c18-13(16-8-11-17-9-4-5-10-17)12-15(14(19)20)6-2-1-3-7-15/h4-5,9-10H,1-3,6-8,11-12H2,(H,16,18)(H,19,20). The number of hydrogen-bond donors (Lipinski definition) is 2. The first kappa shape index (κ1) is 14.6. The molecular formula is C15H22N2O3. The highest BCUT2D eigenvalue weighted by Crippen LogP contribution is 2.39. The third-order valence-corrected chi connectivity index (χ3v) is 4.12. The van der Waals surface area contributed by atoms with Gasteiger partial charge in [-0.3, -0.25) is 9.59 Å². The quantitative estimate of drug-likeness (QED) is 0.836. The summed E-state index contributed by atoms with van der Waals surface area (Å²) in [7, 11) is 0. The van der Waals surface area contributed by atoms with Gasteiger partial charge in [0.1, 0.15) is 0 Å². The lowest BCUT2D eigenvalue weighted by atomic mass is 9.71. The van der Waals surface area contributed by atoms with Crippen molar-refractivity contribution in [2.24, 2.45) is 5.41 Å². The van der Waals surface area contributed by atoms with Crippen molar-refractivity contribution in [1.82, 2.24) is 9.88 Å². The Morgan fingerprint density at radius 2 is 1.80 bits per heavy atom. The van der Waals surface area contributed by atoms with Gasteiger partial charge < -0.3 is 15.0 Å². The summed E-state index contributed by atoms with van der Waals surface area (Å²) in [6, 6.07) is 3.87. The van der Waals surface area contributed by atoms with Crippen molar-refractivity contribution >= 4 is 11.9 Å². The fourth-order valence-corrected chi connectivity index (χ4v) is 2.91. The first-order valence-corrected chi connectivity index (χ1v) is 7.23. The van der Waals surface area contributed by atoms with Crippen molar-refractivity contribution in [3.63, 3.8) is 0 Å². The SMILES string of the molecule is O=C(CC1(C(=O)O)CCCCC1)NCCn1cccc1. The average molecular weight is 278 g/mol. The topological polar surface area (TPSA) is 71.3 Å². The lowest BCUT2D eigenvalue weighted by Gasteiger charge is -2.32. The predicted molar refractivity (Wildman–Crippen MR) is 75.2 cm³/mol. The normalized spacial score (nSPS) is 17.6. The van der Waals surface area contributed by atoms with Gasteiger partial charge in [0.25, 0.3) is 0 Å². The summed E-state index contributed by atoms with van der Waals surface area (Å²) < 4.78 is 1.98. The molecule has 0 bridgehead atoms. The summed E-state index contributed by atoms with van der Waals surface area (Å²) in [5.74, 6) is -0.973. The maximum atomic E-state index is 12.0. The van der Waals surface area contributed by atoms with E-state index in [1.54, 1.807) is 0 Å². The Bertz CT molecular complexity index is 448. The number of hydrogen-bond acceptors (Lipinski definition) is 2. The molecule has 0 aromatic carbocycles. The number of amides is 1. The first-order valence-electron chi connectivity index (χ1n) is 7.23. The third-order valence-electron chi connectivity index (χ3n) is 4.12. The van der Waals surface area contributed by atoms with Crippen LogP contribution in [0.2, 0.25) is 0 Å². The van der Waals surface area contributed by atoms with Crippen LogP contribution in [0.4, 0.5) is 0 Å². The molecule has 110 valence electrons. The van der Waals surface area contributed by atoms with Crippen LogP contribution in [0.15, 0.2) is 24.5 Å². The molecule has 1 aliphatic rings. The highest BCUT2D eigenvalue weighted by atomic mass is 16.4. The van der Waals surface area contributed by atoms with Gasteiger partial charge in [0.05, 0.1) is 5.41 Å². The Labute approximate surface area is 119 Å². The Balaban J connectivity index is 1.81. The number of rotatable bonds is 6. The molecule has 5 heteroatoms. The van der Waals surface area contributed by atoms with Gasteiger partial charge in [-0.2, -0.15) is 0 Å². The van der Waals surface area contributed by atoms with Crippen LogP contribution in [0, 0.1) is 5.41 Å². The zero-order valence-corrected chi connectivity index (χ0v) is 11.7. The Morgan fingerprint density at radius 1 is 1.15 bits per heavy atom. The molecule has 5 nitrogen and oxygen atoms in total. The monoisotopic (exact) mass is 278 g/mol. The molecule has 1 saturated carbocycles. The zero-order chi connectivity index (χ0) is 14.4. The van der Waals surface area contributed by atoms with Crippen LogP contribution < -0.4 is 5.32 Å². The van der Waals surface area contributed by atoms with Crippen molar-refractivity contribution in [3.05, 3.63) is 24.5 Å². The fourth-order valence-electron chi connectivity index (χ4n) is 2.91. The van der Waals surface area contributed by atoms with E-state index in [1.165, 1.54) is 0 Å². The number of nitrogens with zero attached hydrogens (tertiary/aromatic N) is 1. The molecular weight excluding hydrogens is 256 g/mol. The summed E-state index contributed by atoms with van der Waals surface area (Å²) in [5.41, 5.74) is -0.838. The predicted octanol–water partition coefficient (Wildman–Crippen LogP) is 2.03. The molecule has 0 saturated heterocycles. The van der Waals surface area contributed by atoms with Crippen LogP contribution >= 0.6 is 0 Å². The lowest BCUT2D eigenvalue weighted by Crippen LogP contribution is -2.39. The third kappa shape index (κ3) is 3.62. The first-order chi connectivity index (χ1) is 9.62. The van der Waals surface area contributed by atoms with Gasteiger partial charge in [-0.15, -0.1) is 0 Å². The minimum absolute atomic E-state index is 0.105. The largest absolute Gasteiger partial charge is 0.481 e. The molecule has 2 rings (SSSR count). The van der Waals surface area contributed by atoms with E-state index in [1.807, 2.05) is 29.1 Å². The zero-order valence-electron chi connectivity index (χ0n) is 11.7. The molecule has 0 aliphatic heterocycles. The molecule has 1 fully saturated rings. The lowest BCUT2D eigenvalue weighted by molar-refractivity contribution is -0.154. The number of nitrogens with one attached hydrogen (secondary N) is 1. The van der Waals surface area contributed by atoms with Crippen LogP contribution in [0.5, 0.6) is 0 Å². The van der Waals surface area contributed by atoms with Crippen LogP contribution in [0.25, 0.3) is 0 Å². The van der Waals surface area contributed by atoms with Gasteiger partial charge in [-0.1, -0.05) is 19.3 Å². The summed E-state index contributed by atoms with van der Waals surface area (Å²) in [4.78, 5) is 23.5. The van der Waals surface area contributed by atoms with Crippen LogP contribution in [-0.2, 0) is 16.1 Å². The van der Waals surface area contributed by atoms with E-state index in [0.717, 1.165) is 19.3 Å². The van der Waals surface area contributed by atoms with Crippen molar-refractivity contribution in [2.45, 2.75) is 45.1 Å². The number of carbonyl (C=O) groups excluding carboxylic acids is 1. The van der Waals surface area contributed by atoms with Crippen LogP contribution in [0.1, 0.15) is 38.5 Å². The van der Waals surface area contributed by atoms with Crippen LogP contribution in [0.3, 0.4) is 0 Å². The number of carboxylic acid groups (broad SMARTS) is 1. The Hall–Kier alpha value is -1.78. The highest BCUT2D eigenvalue weighted by molar-refractivity contribution is 5.85. The molecule has 1 amide bonds. The molecule has 0 atom stereocenters. The number of aliphatic carboxylic acids is 1. The fraction of sp³-hybridized carbons (Fsp3) is 0.600. The molecule has 2 N–H and O–H groups in total. The molecule has 0 radical (unpaired) electrons. The molecule has 0 unspecified atom stereocenters. The van der Waals surface area contributed by atoms with E-state index in [9.17, 15) is 14.7 Å². The second-order valence-corrected chi connectivity index (χ2v) is 5.59. The molecule has 0 spiro atoms. The highest BCUT2D eigenvalue weighted by Gasteiger charge is 2.41. The van der Waals surface area contributed by atoms with Gasteiger partial charge in [0.2, 0.25) is 5.91 Å². The average Bonchev–Trinajstić information content (AvgIpc) is 2.93. The van der Waals surface area contributed by atoms with Gasteiger partial charge in [0.15, 0.2) is 0 Å². The summed E-state index contributed by atoms with van der Waals surface area (Å²) >= 11 is 0. The second-order valence-electron chi connectivity index (χ2n) is 5.59. The number of carboxylic acids is 1. The van der Waals surface area contributed by atoms with E-state index >= 15 is 0 Å². The van der Waals surface area contributed by atoms with Gasteiger partial charge in [0, 0.05) is 31.9 Å². The molecule has 20 heavy (non-hydrogen) atoms. The van der Waals surface area contributed by atoms with Crippen molar-refractivity contribution < 1.29 is 14.7 Å². The molecule has 1 aliphatic carbocycles. The molecule has 1 heterocycles. The molecule has 1 aromatic heterocycles. The van der Waals surface area contributed by atoms with E-state index in [-0.39, 0.29) is 12.3 Å². The Morgan fingerprint density at radius 3 is 2.40 bits per heavy atom. The van der Waals surface area contributed by atoms with Crippen molar-refractivity contribution in [1.29, 1.82) is 0 Å². The summed E-state index contributed by atoms with van der Waals surface area (Å²) in [6.45, 7) is 1.24. The van der Waals surface area contributed by atoms with E-state index in [4.69, 9.17) is 0 Å². The van der Waals surface area contributed by atoms with Gasteiger partial charge >= 0.3 is 5.97 Å². The number of carbonyl (C=O) groups is 2. The van der Waals surface area contributed by atoms with Crippen molar-refractivity contribution in [2.75, 3.05) is 6.54 Å². The summed E-state index contributed by atoms with van der Waals surface area (Å²) in [5, 5.41) is 12.3. The van der Waals surface area contributed by atoms with Crippen molar-refractivity contribution in [3.8, 4) is 0 Å². The smallest absolute Gasteiger partial charge is 0.310 e. The number of aromatic nitrogens is 1. The Kier molecular flexibility index (Phi) is 4.82. The minimum atomic E-state index is -0.838. The maximum Gasteiger partial charge on any atom is 0.310 e. The maximum absolute atomic E-state index is 12.0. The van der Waals surface area contributed by atoms with E-state index in [2.05, 4.69) is 5.32 Å². The minimum Gasteiger partial charge on any atom is -0.481 e. The summed E-state index contributed by atoms with van der Waals surface area (Å²) in [6.07, 6.45) is 8.10. The van der Waals surface area contributed by atoms with Crippen LogP contribution in [-0.4, -0.2) is 28.1 Å². The van der Waals surface area contributed by atoms with Gasteiger partial charge in [-0.25, -0.2) is 0 Å². The van der Waals surface area contributed by atoms with E-state index < -0.39 is 11.4 Å². The van der Waals surface area contributed by atoms with E-state index in [0.29, 0.717) is 25.9 Å². The molecule has 1 aromatic rings. The second kappa shape index (κ2) is 6.59. The van der Waals surface area contributed by atoms with Gasteiger partial charge in [-0.05, 0) is 25.0 Å².